The van der Waals surface area contributed by atoms with Crippen molar-refractivity contribution in [2.24, 2.45) is 0 Å². The molecule has 1 N–H and O–H groups in total. The lowest BCUT2D eigenvalue weighted by Gasteiger charge is -2.37. The van der Waals surface area contributed by atoms with Crippen molar-refractivity contribution < 1.29 is 4.74 Å². The van der Waals surface area contributed by atoms with Crippen molar-refractivity contribution in [3.8, 4) is 0 Å². The van der Waals surface area contributed by atoms with Gasteiger partial charge in [0, 0.05) is 18.7 Å². The molecule has 0 spiro atoms. The van der Waals surface area contributed by atoms with Crippen LogP contribution in [0.5, 0.6) is 0 Å². The average molecular weight is 185 g/mol. The van der Waals surface area contributed by atoms with Gasteiger partial charge in [-0.1, -0.05) is 6.92 Å². The van der Waals surface area contributed by atoms with E-state index in [1.165, 1.54) is 6.42 Å². The first-order valence-electron chi connectivity index (χ1n) is 5.43. The van der Waals surface area contributed by atoms with Crippen LogP contribution in [-0.2, 0) is 4.74 Å². The largest absolute Gasteiger partial charge is 0.375 e. The van der Waals surface area contributed by atoms with Gasteiger partial charge in [-0.3, -0.25) is 0 Å². The Morgan fingerprint density at radius 2 is 2.23 bits per heavy atom. The smallest absolute Gasteiger partial charge is 0.0641 e. The van der Waals surface area contributed by atoms with Gasteiger partial charge in [-0.05, 0) is 40.0 Å². The molecule has 1 saturated heterocycles. The van der Waals surface area contributed by atoms with E-state index in [2.05, 4.69) is 33.0 Å². The molecule has 2 heteroatoms. The highest BCUT2D eigenvalue weighted by molar-refractivity contribution is 4.84. The first-order chi connectivity index (χ1) is 6.03. The van der Waals surface area contributed by atoms with Gasteiger partial charge >= 0.3 is 0 Å². The predicted octanol–water partition coefficient (Wildman–Crippen LogP) is 2.33. The van der Waals surface area contributed by atoms with Crippen molar-refractivity contribution in [2.45, 2.75) is 64.6 Å². The van der Waals surface area contributed by atoms with E-state index in [-0.39, 0.29) is 5.60 Å². The van der Waals surface area contributed by atoms with Crippen LogP contribution in [0.3, 0.4) is 0 Å². The first kappa shape index (κ1) is 11.0. The first-order valence-corrected chi connectivity index (χ1v) is 5.43. The van der Waals surface area contributed by atoms with Crippen molar-refractivity contribution in [1.29, 1.82) is 0 Å². The molecule has 0 aliphatic carbocycles. The highest BCUT2D eigenvalue weighted by atomic mass is 16.5. The van der Waals surface area contributed by atoms with Crippen LogP contribution >= 0.6 is 0 Å². The number of ether oxygens (including phenoxy) is 1. The lowest BCUT2D eigenvalue weighted by atomic mass is 9.93. The van der Waals surface area contributed by atoms with E-state index in [1.54, 1.807) is 0 Å². The number of rotatable bonds is 3. The van der Waals surface area contributed by atoms with Crippen molar-refractivity contribution in [2.75, 3.05) is 6.61 Å². The van der Waals surface area contributed by atoms with Crippen LogP contribution in [-0.4, -0.2) is 24.3 Å². The molecule has 0 aromatic rings. The molecule has 2 unspecified atom stereocenters. The fraction of sp³-hybridized carbons (Fsp3) is 1.00. The third-order valence-corrected chi connectivity index (χ3v) is 2.83. The number of hydrogen-bond donors (Lipinski definition) is 1. The summed E-state index contributed by atoms with van der Waals surface area (Å²) in [5.41, 5.74) is 0.0728. The Balaban J connectivity index is 2.34. The van der Waals surface area contributed by atoms with Gasteiger partial charge in [0.05, 0.1) is 5.60 Å². The molecular weight excluding hydrogens is 162 g/mol. The molecule has 0 amide bonds. The second-order valence-electron chi connectivity index (χ2n) is 4.77. The number of nitrogens with one attached hydrogen (secondary N) is 1. The van der Waals surface area contributed by atoms with Crippen LogP contribution in [0, 0.1) is 0 Å². The Kier molecular flexibility index (Phi) is 3.74. The quantitative estimate of drug-likeness (QED) is 0.728. The minimum atomic E-state index is 0.0728. The average Bonchev–Trinajstić information content (AvgIpc) is 2.02. The third kappa shape index (κ3) is 3.65. The molecule has 0 saturated carbocycles. The molecule has 1 aliphatic heterocycles. The maximum atomic E-state index is 5.67. The van der Waals surface area contributed by atoms with Gasteiger partial charge in [-0.25, -0.2) is 0 Å². The van der Waals surface area contributed by atoms with Gasteiger partial charge < -0.3 is 10.1 Å². The molecule has 0 aromatic heterocycles. The van der Waals surface area contributed by atoms with Gasteiger partial charge in [0.2, 0.25) is 0 Å². The predicted molar refractivity (Wildman–Crippen MR) is 55.9 cm³/mol. The van der Waals surface area contributed by atoms with Gasteiger partial charge in [0.25, 0.3) is 0 Å². The SMILES string of the molecule is CCC(C)NC1CCOC(C)(C)C1. The zero-order valence-corrected chi connectivity index (χ0v) is 9.39. The summed E-state index contributed by atoms with van der Waals surface area (Å²) in [7, 11) is 0. The summed E-state index contributed by atoms with van der Waals surface area (Å²) >= 11 is 0. The standard InChI is InChI=1S/C11H23NO/c1-5-9(2)12-10-6-7-13-11(3,4)8-10/h9-10,12H,5-8H2,1-4H3. The van der Waals surface area contributed by atoms with Crippen molar-refractivity contribution >= 4 is 0 Å². The van der Waals surface area contributed by atoms with Crippen LogP contribution in [0.15, 0.2) is 0 Å². The maximum absolute atomic E-state index is 5.67. The summed E-state index contributed by atoms with van der Waals surface area (Å²) in [6, 6.07) is 1.29. The fourth-order valence-corrected chi connectivity index (χ4v) is 1.89. The van der Waals surface area contributed by atoms with Crippen LogP contribution in [0.4, 0.5) is 0 Å². The van der Waals surface area contributed by atoms with Gasteiger partial charge in [-0.2, -0.15) is 0 Å². The van der Waals surface area contributed by atoms with Gasteiger partial charge in [-0.15, -0.1) is 0 Å². The van der Waals surface area contributed by atoms with Crippen molar-refractivity contribution in [1.82, 2.24) is 5.32 Å². The molecule has 2 nitrogen and oxygen atoms in total. The zero-order valence-electron chi connectivity index (χ0n) is 9.39. The summed E-state index contributed by atoms with van der Waals surface area (Å²) in [6.07, 6.45) is 3.50. The molecular formula is C11H23NO. The van der Waals surface area contributed by atoms with Crippen LogP contribution in [0.1, 0.15) is 47.0 Å². The van der Waals surface area contributed by atoms with E-state index < -0.39 is 0 Å². The lowest BCUT2D eigenvalue weighted by Crippen LogP contribution is -2.46. The molecule has 0 aromatic carbocycles. The Labute approximate surface area is 82.0 Å². The molecule has 1 rings (SSSR count). The van der Waals surface area contributed by atoms with Crippen LogP contribution in [0.2, 0.25) is 0 Å². The second-order valence-corrected chi connectivity index (χ2v) is 4.77. The summed E-state index contributed by atoms with van der Waals surface area (Å²) in [5, 5.41) is 3.64. The Morgan fingerprint density at radius 1 is 1.54 bits per heavy atom. The topological polar surface area (TPSA) is 21.3 Å². The fourth-order valence-electron chi connectivity index (χ4n) is 1.89. The highest BCUT2D eigenvalue weighted by Crippen LogP contribution is 2.24. The Bertz CT molecular complexity index is 156. The molecule has 1 heterocycles. The minimum absolute atomic E-state index is 0.0728. The van der Waals surface area contributed by atoms with E-state index >= 15 is 0 Å². The molecule has 0 bridgehead atoms. The number of hydrogen-bond acceptors (Lipinski definition) is 2. The highest BCUT2D eigenvalue weighted by Gasteiger charge is 2.28. The Morgan fingerprint density at radius 3 is 2.77 bits per heavy atom. The monoisotopic (exact) mass is 185 g/mol. The van der Waals surface area contributed by atoms with Crippen LogP contribution < -0.4 is 5.32 Å². The van der Waals surface area contributed by atoms with E-state index in [0.717, 1.165) is 19.4 Å². The van der Waals surface area contributed by atoms with Gasteiger partial charge in [0.1, 0.15) is 0 Å². The summed E-state index contributed by atoms with van der Waals surface area (Å²) in [4.78, 5) is 0. The lowest BCUT2D eigenvalue weighted by molar-refractivity contribution is -0.0639. The Hall–Kier alpha value is -0.0800. The summed E-state index contributed by atoms with van der Waals surface area (Å²) in [6.45, 7) is 9.74. The summed E-state index contributed by atoms with van der Waals surface area (Å²) in [5.74, 6) is 0. The van der Waals surface area contributed by atoms with E-state index in [9.17, 15) is 0 Å². The summed E-state index contributed by atoms with van der Waals surface area (Å²) < 4.78 is 5.67. The van der Waals surface area contributed by atoms with E-state index in [1.807, 2.05) is 0 Å². The normalized spacial score (nSPS) is 30.0. The molecule has 2 atom stereocenters. The molecule has 1 aliphatic rings. The molecule has 1 fully saturated rings. The maximum Gasteiger partial charge on any atom is 0.0641 e. The van der Waals surface area contributed by atoms with Crippen molar-refractivity contribution in [3.63, 3.8) is 0 Å². The molecule has 0 radical (unpaired) electrons. The van der Waals surface area contributed by atoms with Crippen LogP contribution in [0.25, 0.3) is 0 Å². The van der Waals surface area contributed by atoms with Gasteiger partial charge in [0.15, 0.2) is 0 Å². The van der Waals surface area contributed by atoms with E-state index in [0.29, 0.717) is 12.1 Å². The van der Waals surface area contributed by atoms with E-state index in [4.69, 9.17) is 4.74 Å². The molecule has 78 valence electrons. The molecule has 13 heavy (non-hydrogen) atoms. The zero-order chi connectivity index (χ0) is 9.90. The minimum Gasteiger partial charge on any atom is -0.375 e. The third-order valence-electron chi connectivity index (χ3n) is 2.83. The second kappa shape index (κ2) is 4.43. The van der Waals surface area contributed by atoms with Crippen molar-refractivity contribution in [3.05, 3.63) is 0 Å².